The number of ether oxygens (including phenoxy) is 2. The third-order valence-corrected chi connectivity index (χ3v) is 3.35. The number of hydrogen-bond donors (Lipinski definition) is 1. The third-order valence-electron chi connectivity index (χ3n) is 3.35. The summed E-state index contributed by atoms with van der Waals surface area (Å²) in [7, 11) is 3.22. The van der Waals surface area contributed by atoms with Crippen LogP contribution in [-0.2, 0) is 6.42 Å². The number of hydrogen-bond acceptors (Lipinski definition) is 3. The summed E-state index contributed by atoms with van der Waals surface area (Å²) in [6.45, 7) is 0. The fourth-order valence-corrected chi connectivity index (χ4v) is 2.20. The van der Waals surface area contributed by atoms with E-state index in [4.69, 9.17) is 9.47 Å². The molecule has 3 nitrogen and oxygen atoms in total. The Hall–Kier alpha value is -2.00. The van der Waals surface area contributed by atoms with E-state index in [2.05, 4.69) is 12.1 Å². The Morgan fingerprint density at radius 3 is 2.40 bits per heavy atom. The Balaban J connectivity index is 2.09. The summed E-state index contributed by atoms with van der Waals surface area (Å²) in [5.74, 6) is 1.41. The van der Waals surface area contributed by atoms with Gasteiger partial charge >= 0.3 is 0 Å². The zero-order chi connectivity index (χ0) is 14.4. The normalized spacial score (nSPS) is 11.9. The molecule has 106 valence electrons. The van der Waals surface area contributed by atoms with Crippen LogP contribution in [0.25, 0.3) is 0 Å². The highest BCUT2D eigenvalue weighted by molar-refractivity contribution is 5.41. The molecule has 2 aromatic carbocycles. The van der Waals surface area contributed by atoms with Gasteiger partial charge in [-0.25, -0.2) is 0 Å². The van der Waals surface area contributed by atoms with E-state index in [0.717, 1.165) is 17.7 Å². The van der Waals surface area contributed by atoms with Crippen molar-refractivity contribution in [3.63, 3.8) is 0 Å². The molecule has 0 saturated heterocycles. The van der Waals surface area contributed by atoms with Gasteiger partial charge in [0.05, 0.1) is 20.3 Å². The fourth-order valence-electron chi connectivity index (χ4n) is 2.20. The van der Waals surface area contributed by atoms with E-state index in [9.17, 15) is 5.11 Å². The highest BCUT2D eigenvalue weighted by Gasteiger charge is 2.14. The number of aliphatic hydroxyl groups is 1. The summed E-state index contributed by atoms with van der Waals surface area (Å²) in [6.07, 6.45) is 0.899. The first kappa shape index (κ1) is 14.4. The van der Waals surface area contributed by atoms with Gasteiger partial charge in [-0.15, -0.1) is 0 Å². The van der Waals surface area contributed by atoms with Crippen LogP contribution in [0.15, 0.2) is 48.5 Å². The van der Waals surface area contributed by atoms with Crippen LogP contribution in [-0.4, -0.2) is 19.3 Å². The van der Waals surface area contributed by atoms with Crippen molar-refractivity contribution >= 4 is 0 Å². The first-order valence-electron chi connectivity index (χ1n) is 6.68. The molecule has 0 aromatic heterocycles. The van der Waals surface area contributed by atoms with E-state index in [-0.39, 0.29) is 0 Å². The van der Waals surface area contributed by atoms with Gasteiger partial charge in [-0.2, -0.15) is 0 Å². The second kappa shape index (κ2) is 6.96. The number of aryl methyl sites for hydroxylation is 1. The molecule has 1 N–H and O–H groups in total. The molecular formula is C17H20O3. The van der Waals surface area contributed by atoms with Gasteiger partial charge in [0.1, 0.15) is 11.5 Å². The van der Waals surface area contributed by atoms with E-state index in [1.54, 1.807) is 14.2 Å². The smallest absolute Gasteiger partial charge is 0.124 e. The van der Waals surface area contributed by atoms with E-state index in [0.29, 0.717) is 12.2 Å². The first-order valence-corrected chi connectivity index (χ1v) is 6.68. The number of rotatable bonds is 6. The molecule has 0 bridgehead atoms. The van der Waals surface area contributed by atoms with Crippen molar-refractivity contribution in [2.45, 2.75) is 18.9 Å². The maximum Gasteiger partial charge on any atom is 0.124 e. The van der Waals surface area contributed by atoms with E-state index < -0.39 is 6.10 Å². The molecule has 0 amide bonds. The minimum absolute atomic E-state index is 0.569. The second-order valence-electron chi connectivity index (χ2n) is 4.65. The predicted octanol–water partition coefficient (Wildman–Crippen LogP) is 3.37. The van der Waals surface area contributed by atoms with Gasteiger partial charge in [0.25, 0.3) is 0 Å². The summed E-state index contributed by atoms with van der Waals surface area (Å²) in [6, 6.07) is 15.6. The molecule has 1 unspecified atom stereocenters. The van der Waals surface area contributed by atoms with Gasteiger partial charge in [0, 0.05) is 5.56 Å². The summed E-state index contributed by atoms with van der Waals surface area (Å²) in [5, 5.41) is 10.4. The van der Waals surface area contributed by atoms with Gasteiger partial charge in [-0.3, -0.25) is 0 Å². The number of benzene rings is 2. The van der Waals surface area contributed by atoms with E-state index in [1.807, 2.05) is 36.4 Å². The average molecular weight is 272 g/mol. The Kier molecular flexibility index (Phi) is 5.02. The van der Waals surface area contributed by atoms with Crippen LogP contribution in [0.3, 0.4) is 0 Å². The largest absolute Gasteiger partial charge is 0.497 e. The topological polar surface area (TPSA) is 38.7 Å². The predicted molar refractivity (Wildman–Crippen MR) is 79.3 cm³/mol. The quantitative estimate of drug-likeness (QED) is 0.876. The van der Waals surface area contributed by atoms with Crippen LogP contribution in [0.1, 0.15) is 23.7 Å². The van der Waals surface area contributed by atoms with Crippen molar-refractivity contribution < 1.29 is 14.6 Å². The summed E-state index contributed by atoms with van der Waals surface area (Å²) in [4.78, 5) is 0. The van der Waals surface area contributed by atoms with Crippen molar-refractivity contribution in [3.05, 3.63) is 59.7 Å². The Labute approximate surface area is 119 Å². The number of aliphatic hydroxyl groups excluding tert-OH is 1. The minimum atomic E-state index is -0.569. The lowest BCUT2D eigenvalue weighted by molar-refractivity contribution is 0.163. The van der Waals surface area contributed by atoms with Crippen LogP contribution < -0.4 is 9.47 Å². The molecule has 0 aliphatic carbocycles. The molecule has 0 aliphatic rings. The lowest BCUT2D eigenvalue weighted by atomic mass is 10.0. The highest BCUT2D eigenvalue weighted by Crippen LogP contribution is 2.31. The van der Waals surface area contributed by atoms with Crippen molar-refractivity contribution in [1.82, 2.24) is 0 Å². The van der Waals surface area contributed by atoms with Gasteiger partial charge in [0.2, 0.25) is 0 Å². The van der Waals surface area contributed by atoms with E-state index in [1.165, 1.54) is 5.56 Å². The summed E-state index contributed by atoms with van der Waals surface area (Å²) >= 11 is 0. The molecule has 2 aromatic rings. The number of methoxy groups -OCH3 is 2. The van der Waals surface area contributed by atoms with Crippen LogP contribution in [0, 0.1) is 0 Å². The molecule has 0 saturated carbocycles. The lowest BCUT2D eigenvalue weighted by Crippen LogP contribution is -2.03. The molecule has 2 rings (SSSR count). The van der Waals surface area contributed by atoms with Crippen molar-refractivity contribution in [3.8, 4) is 11.5 Å². The third kappa shape index (κ3) is 3.52. The molecule has 0 spiro atoms. The van der Waals surface area contributed by atoms with Crippen molar-refractivity contribution in [1.29, 1.82) is 0 Å². The second-order valence-corrected chi connectivity index (χ2v) is 4.65. The average Bonchev–Trinajstić information content (AvgIpc) is 2.52. The van der Waals surface area contributed by atoms with Gasteiger partial charge < -0.3 is 14.6 Å². The van der Waals surface area contributed by atoms with Gasteiger partial charge in [0.15, 0.2) is 0 Å². The summed E-state index contributed by atoms with van der Waals surface area (Å²) < 4.78 is 10.5. The minimum Gasteiger partial charge on any atom is -0.497 e. The molecule has 0 heterocycles. The first-order chi connectivity index (χ1) is 9.74. The standard InChI is InChI=1S/C17H20O3/c1-19-14-9-11-17(20-2)15(12-14)16(18)10-8-13-6-4-3-5-7-13/h3-7,9,11-12,16,18H,8,10H2,1-2H3. The van der Waals surface area contributed by atoms with Crippen molar-refractivity contribution in [2.75, 3.05) is 14.2 Å². The molecule has 1 atom stereocenters. The van der Waals surface area contributed by atoms with E-state index >= 15 is 0 Å². The lowest BCUT2D eigenvalue weighted by Gasteiger charge is -2.16. The van der Waals surface area contributed by atoms with Gasteiger partial charge in [-0.1, -0.05) is 30.3 Å². The Morgan fingerprint density at radius 2 is 1.75 bits per heavy atom. The highest BCUT2D eigenvalue weighted by atomic mass is 16.5. The molecule has 0 fully saturated rings. The molecule has 20 heavy (non-hydrogen) atoms. The Bertz CT molecular complexity index is 537. The Morgan fingerprint density at radius 1 is 1.00 bits per heavy atom. The monoisotopic (exact) mass is 272 g/mol. The maximum atomic E-state index is 10.4. The maximum absolute atomic E-state index is 10.4. The molecule has 0 aliphatic heterocycles. The molecular weight excluding hydrogens is 252 g/mol. The van der Waals surface area contributed by atoms with Crippen LogP contribution in [0.4, 0.5) is 0 Å². The van der Waals surface area contributed by atoms with Gasteiger partial charge in [-0.05, 0) is 36.6 Å². The van der Waals surface area contributed by atoms with Crippen LogP contribution >= 0.6 is 0 Å². The molecule has 3 heteroatoms. The zero-order valence-electron chi connectivity index (χ0n) is 11.9. The SMILES string of the molecule is COc1ccc(OC)c(C(O)CCc2ccccc2)c1. The van der Waals surface area contributed by atoms with Crippen LogP contribution in [0.5, 0.6) is 11.5 Å². The molecule has 0 radical (unpaired) electrons. The fraction of sp³-hybridized carbons (Fsp3) is 0.294. The van der Waals surface area contributed by atoms with Crippen LogP contribution in [0.2, 0.25) is 0 Å². The zero-order valence-corrected chi connectivity index (χ0v) is 11.9. The summed E-state index contributed by atoms with van der Waals surface area (Å²) in [5.41, 5.74) is 1.98. The van der Waals surface area contributed by atoms with Crippen molar-refractivity contribution in [2.24, 2.45) is 0 Å².